The van der Waals surface area contributed by atoms with E-state index in [0.717, 1.165) is 21.2 Å². The van der Waals surface area contributed by atoms with Gasteiger partial charge in [0.2, 0.25) is 0 Å². The van der Waals surface area contributed by atoms with E-state index < -0.39 is 0 Å². The molecule has 0 unspecified atom stereocenters. The van der Waals surface area contributed by atoms with Crippen molar-refractivity contribution < 1.29 is 13.9 Å². The summed E-state index contributed by atoms with van der Waals surface area (Å²) < 4.78 is 26.4. The first-order valence-corrected chi connectivity index (χ1v) is 10.5. The van der Waals surface area contributed by atoms with E-state index in [1.165, 1.54) is 6.07 Å². The molecule has 0 aromatic heterocycles. The van der Waals surface area contributed by atoms with E-state index >= 15 is 0 Å². The second-order valence-electron chi connectivity index (χ2n) is 6.63. The lowest BCUT2D eigenvalue weighted by atomic mass is 10.1. The fourth-order valence-electron chi connectivity index (χ4n) is 3.01. The lowest BCUT2D eigenvalue weighted by molar-refractivity contribution is 0.267. The summed E-state index contributed by atoms with van der Waals surface area (Å²) in [6, 6.07) is 20.9. The Kier molecular flexibility index (Phi) is 8.08. The molecule has 0 aliphatic rings. The van der Waals surface area contributed by atoms with Gasteiger partial charge in [-0.2, -0.15) is 0 Å². The van der Waals surface area contributed by atoms with Crippen LogP contribution < -0.4 is 14.8 Å². The smallest absolute Gasteiger partial charge is 0.175 e. The lowest BCUT2D eigenvalue weighted by Gasteiger charge is -2.16. The third kappa shape index (κ3) is 6.31. The van der Waals surface area contributed by atoms with Gasteiger partial charge < -0.3 is 14.8 Å². The van der Waals surface area contributed by atoms with Crippen LogP contribution in [0.3, 0.4) is 0 Å². The van der Waals surface area contributed by atoms with Crippen LogP contribution in [0.15, 0.2) is 71.2 Å². The molecule has 0 aliphatic heterocycles. The monoisotopic (exact) mass is 457 g/mol. The van der Waals surface area contributed by atoms with Crippen LogP contribution in [0, 0.1) is 5.82 Å². The molecular weight excluding hydrogens is 433 g/mol. The molecule has 1 N–H and O–H groups in total. The molecule has 0 bridgehead atoms. The number of nitrogens with one attached hydrogen (secondary N) is 1. The maximum atomic E-state index is 13.7. The minimum Gasteiger partial charge on any atom is -0.490 e. The zero-order valence-corrected chi connectivity index (χ0v) is 18.0. The number of rotatable bonds is 10. The van der Waals surface area contributed by atoms with Gasteiger partial charge in [-0.15, -0.1) is 0 Å². The highest BCUT2D eigenvalue weighted by Crippen LogP contribution is 2.37. The highest BCUT2D eigenvalue weighted by Gasteiger charge is 2.13. The summed E-state index contributed by atoms with van der Waals surface area (Å²) in [7, 11) is 0. The molecule has 0 radical (unpaired) electrons. The van der Waals surface area contributed by atoms with Crippen molar-refractivity contribution in [2.75, 3.05) is 13.2 Å². The van der Waals surface area contributed by atoms with Crippen LogP contribution >= 0.6 is 15.9 Å². The van der Waals surface area contributed by atoms with E-state index in [1.807, 2.05) is 61.5 Å². The van der Waals surface area contributed by atoms with Crippen LogP contribution in [0.5, 0.6) is 11.5 Å². The molecule has 0 saturated carbocycles. The Morgan fingerprint density at radius 3 is 2.45 bits per heavy atom. The summed E-state index contributed by atoms with van der Waals surface area (Å²) in [6.07, 6.45) is 0.643. The highest BCUT2D eigenvalue weighted by molar-refractivity contribution is 9.10. The molecule has 29 heavy (non-hydrogen) atoms. The Morgan fingerprint density at radius 2 is 1.69 bits per heavy atom. The molecule has 5 heteroatoms. The van der Waals surface area contributed by atoms with Crippen LogP contribution in [0.4, 0.5) is 4.39 Å². The summed E-state index contributed by atoms with van der Waals surface area (Å²) in [5.41, 5.74) is 2.89. The van der Waals surface area contributed by atoms with Gasteiger partial charge in [0.15, 0.2) is 11.5 Å². The Bertz CT molecular complexity index is 918. The predicted octanol–water partition coefficient (Wildman–Crippen LogP) is 5.90. The molecule has 0 heterocycles. The van der Waals surface area contributed by atoms with Gasteiger partial charge in [-0.25, -0.2) is 4.39 Å². The summed E-state index contributed by atoms with van der Waals surface area (Å²) in [5.74, 6) is 1.25. The summed E-state index contributed by atoms with van der Waals surface area (Å²) >= 11 is 3.61. The van der Waals surface area contributed by atoms with Crippen molar-refractivity contribution in [2.45, 2.75) is 26.5 Å². The van der Waals surface area contributed by atoms with Crippen LogP contribution in [0.2, 0.25) is 0 Å². The second kappa shape index (κ2) is 11.0. The molecule has 0 amide bonds. The molecule has 3 nitrogen and oxygen atoms in total. The van der Waals surface area contributed by atoms with E-state index in [0.29, 0.717) is 44.2 Å². The summed E-state index contributed by atoms with van der Waals surface area (Å²) in [5, 5.41) is 3.37. The van der Waals surface area contributed by atoms with Gasteiger partial charge in [-0.05, 0) is 70.7 Å². The number of ether oxygens (including phenoxy) is 2. The van der Waals surface area contributed by atoms with Crippen LogP contribution in [0.25, 0.3) is 0 Å². The Hall–Kier alpha value is -2.37. The molecule has 3 aromatic rings. The number of halogens is 2. The van der Waals surface area contributed by atoms with E-state index in [4.69, 9.17) is 9.47 Å². The molecule has 3 rings (SSSR count). The molecule has 0 aliphatic carbocycles. The lowest BCUT2D eigenvalue weighted by Crippen LogP contribution is -2.17. The zero-order valence-electron chi connectivity index (χ0n) is 16.5. The predicted molar refractivity (Wildman–Crippen MR) is 118 cm³/mol. The fourth-order valence-corrected chi connectivity index (χ4v) is 3.62. The minimum absolute atomic E-state index is 0.157. The van der Waals surface area contributed by atoms with Crippen molar-refractivity contribution in [2.24, 2.45) is 0 Å². The Labute approximate surface area is 180 Å². The SMILES string of the molecule is CCOc1cc(CNCCc2ccccc2F)cc(Br)c1OCc1ccccc1. The average molecular weight is 458 g/mol. The van der Waals surface area contributed by atoms with Crippen molar-refractivity contribution >= 4 is 15.9 Å². The van der Waals surface area contributed by atoms with Crippen molar-refractivity contribution in [1.82, 2.24) is 5.32 Å². The van der Waals surface area contributed by atoms with E-state index in [-0.39, 0.29) is 5.82 Å². The third-order valence-corrected chi connectivity index (χ3v) is 5.04. The largest absolute Gasteiger partial charge is 0.490 e. The van der Waals surface area contributed by atoms with Crippen LogP contribution in [-0.4, -0.2) is 13.2 Å². The quantitative estimate of drug-likeness (QED) is 0.384. The highest BCUT2D eigenvalue weighted by atomic mass is 79.9. The van der Waals surface area contributed by atoms with E-state index in [9.17, 15) is 4.39 Å². The van der Waals surface area contributed by atoms with E-state index in [2.05, 4.69) is 21.2 Å². The average Bonchev–Trinajstić information content (AvgIpc) is 2.73. The topological polar surface area (TPSA) is 30.5 Å². The van der Waals surface area contributed by atoms with Gasteiger partial charge in [0.25, 0.3) is 0 Å². The molecule has 0 fully saturated rings. The van der Waals surface area contributed by atoms with Gasteiger partial charge in [-0.1, -0.05) is 48.5 Å². The maximum absolute atomic E-state index is 13.7. The van der Waals surface area contributed by atoms with Crippen molar-refractivity contribution in [3.05, 3.63) is 93.7 Å². The van der Waals surface area contributed by atoms with Crippen molar-refractivity contribution in [3.8, 4) is 11.5 Å². The van der Waals surface area contributed by atoms with Gasteiger partial charge in [0, 0.05) is 6.54 Å². The van der Waals surface area contributed by atoms with Crippen LogP contribution in [-0.2, 0) is 19.6 Å². The number of benzene rings is 3. The minimum atomic E-state index is -0.157. The fraction of sp³-hybridized carbons (Fsp3) is 0.250. The molecule has 152 valence electrons. The first kappa shape index (κ1) is 21.3. The molecule has 3 aromatic carbocycles. The summed E-state index contributed by atoms with van der Waals surface area (Å²) in [4.78, 5) is 0. The summed E-state index contributed by atoms with van der Waals surface area (Å²) in [6.45, 7) is 4.33. The van der Waals surface area contributed by atoms with Crippen molar-refractivity contribution in [3.63, 3.8) is 0 Å². The van der Waals surface area contributed by atoms with Crippen molar-refractivity contribution in [1.29, 1.82) is 0 Å². The standard InChI is InChI=1S/C24H25BrFNO2/c1-2-28-23-15-19(16-27-13-12-20-10-6-7-11-22(20)26)14-21(25)24(23)29-17-18-8-4-3-5-9-18/h3-11,14-15,27H,2,12-13,16-17H2,1H3. The molecule has 0 spiro atoms. The van der Waals surface area contributed by atoms with Gasteiger partial charge in [0.1, 0.15) is 12.4 Å². The Morgan fingerprint density at radius 1 is 0.931 bits per heavy atom. The first-order chi connectivity index (χ1) is 14.2. The second-order valence-corrected chi connectivity index (χ2v) is 7.48. The van der Waals surface area contributed by atoms with Crippen LogP contribution in [0.1, 0.15) is 23.6 Å². The number of hydrogen-bond acceptors (Lipinski definition) is 3. The zero-order chi connectivity index (χ0) is 20.5. The molecule has 0 saturated heterocycles. The van der Waals surface area contributed by atoms with Gasteiger partial charge >= 0.3 is 0 Å². The first-order valence-electron chi connectivity index (χ1n) is 9.73. The molecular formula is C24H25BrFNO2. The van der Waals surface area contributed by atoms with E-state index in [1.54, 1.807) is 6.07 Å². The molecule has 0 atom stereocenters. The van der Waals surface area contributed by atoms with Gasteiger partial charge in [0.05, 0.1) is 11.1 Å². The number of hydrogen-bond donors (Lipinski definition) is 1. The third-order valence-electron chi connectivity index (χ3n) is 4.45. The Balaban J connectivity index is 1.61. The van der Waals surface area contributed by atoms with Gasteiger partial charge in [-0.3, -0.25) is 0 Å². The maximum Gasteiger partial charge on any atom is 0.175 e. The normalized spacial score (nSPS) is 10.7.